The lowest BCUT2D eigenvalue weighted by Gasteiger charge is -2.21. The number of hydrogen-bond donors (Lipinski definition) is 1. The molecule has 4 aromatic rings. The molecule has 4 rings (SSSR count). The normalized spacial score (nSPS) is 11.2. The SMILES string of the molecule is CN(c1ccc(F)cc1)S(=O)(=O)c1c(-c2ccccc2)csc1C(=O)NCc1cccnc1. The predicted molar refractivity (Wildman–Crippen MR) is 127 cm³/mol. The molecule has 0 saturated heterocycles. The van der Waals surface area contributed by atoms with Crippen molar-refractivity contribution >= 4 is 33.0 Å². The van der Waals surface area contributed by atoms with Crippen molar-refractivity contribution in [3.63, 3.8) is 0 Å². The van der Waals surface area contributed by atoms with Gasteiger partial charge in [0.05, 0.1) is 5.69 Å². The molecule has 0 aliphatic heterocycles. The van der Waals surface area contributed by atoms with Crippen molar-refractivity contribution in [2.24, 2.45) is 0 Å². The van der Waals surface area contributed by atoms with Crippen LogP contribution in [0.3, 0.4) is 0 Å². The van der Waals surface area contributed by atoms with E-state index in [1.54, 1.807) is 48.1 Å². The summed E-state index contributed by atoms with van der Waals surface area (Å²) in [5, 5.41) is 4.44. The highest BCUT2D eigenvalue weighted by Gasteiger charge is 2.32. The summed E-state index contributed by atoms with van der Waals surface area (Å²) in [5.74, 6) is -0.974. The molecule has 0 aliphatic carbocycles. The van der Waals surface area contributed by atoms with Crippen molar-refractivity contribution in [1.29, 1.82) is 0 Å². The first kappa shape index (κ1) is 22.6. The molecule has 2 aromatic heterocycles. The van der Waals surface area contributed by atoms with Gasteiger partial charge in [-0.25, -0.2) is 12.8 Å². The largest absolute Gasteiger partial charge is 0.347 e. The van der Waals surface area contributed by atoms with Gasteiger partial charge in [0.1, 0.15) is 15.6 Å². The molecular weight excluding hydrogens is 461 g/mol. The fraction of sp³-hybridized carbons (Fsp3) is 0.0833. The Balaban J connectivity index is 1.76. The second kappa shape index (κ2) is 9.51. The van der Waals surface area contributed by atoms with E-state index in [1.165, 1.54) is 31.3 Å². The first-order valence-corrected chi connectivity index (χ1v) is 12.3. The maximum atomic E-state index is 13.7. The van der Waals surface area contributed by atoms with Crippen LogP contribution in [-0.2, 0) is 16.6 Å². The summed E-state index contributed by atoms with van der Waals surface area (Å²) in [6, 6.07) is 17.7. The molecule has 0 radical (unpaired) electrons. The van der Waals surface area contributed by atoms with E-state index < -0.39 is 21.7 Å². The third-order valence-electron chi connectivity index (χ3n) is 5.02. The van der Waals surface area contributed by atoms with Crippen molar-refractivity contribution < 1.29 is 17.6 Å². The second-order valence-electron chi connectivity index (χ2n) is 7.17. The molecule has 0 spiro atoms. The molecule has 9 heteroatoms. The molecule has 2 aromatic carbocycles. The highest BCUT2D eigenvalue weighted by molar-refractivity contribution is 7.93. The average Bonchev–Trinajstić information content (AvgIpc) is 3.30. The van der Waals surface area contributed by atoms with Crippen LogP contribution in [0.5, 0.6) is 0 Å². The van der Waals surface area contributed by atoms with Crippen LogP contribution in [0.25, 0.3) is 11.1 Å². The molecule has 0 bridgehead atoms. The molecule has 0 unspecified atom stereocenters. The first-order chi connectivity index (χ1) is 15.9. The summed E-state index contributed by atoms with van der Waals surface area (Å²) in [7, 11) is -2.77. The van der Waals surface area contributed by atoms with Crippen molar-refractivity contribution in [3.8, 4) is 11.1 Å². The number of anilines is 1. The first-order valence-electron chi connectivity index (χ1n) is 9.96. The van der Waals surface area contributed by atoms with Gasteiger partial charge in [0.25, 0.3) is 15.9 Å². The van der Waals surface area contributed by atoms with Gasteiger partial charge in [-0.1, -0.05) is 36.4 Å². The maximum Gasteiger partial charge on any atom is 0.266 e. The Hall–Kier alpha value is -3.56. The van der Waals surface area contributed by atoms with E-state index in [4.69, 9.17) is 0 Å². The Morgan fingerprint density at radius 2 is 1.79 bits per heavy atom. The lowest BCUT2D eigenvalue weighted by atomic mass is 10.1. The highest BCUT2D eigenvalue weighted by Crippen LogP contribution is 2.38. The molecule has 1 N–H and O–H groups in total. The van der Waals surface area contributed by atoms with Crippen LogP contribution < -0.4 is 9.62 Å². The molecule has 6 nitrogen and oxygen atoms in total. The zero-order valence-electron chi connectivity index (χ0n) is 17.6. The summed E-state index contributed by atoms with van der Waals surface area (Å²) >= 11 is 1.06. The molecule has 33 heavy (non-hydrogen) atoms. The summed E-state index contributed by atoms with van der Waals surface area (Å²) in [5.41, 5.74) is 2.18. The number of halogens is 1. The van der Waals surface area contributed by atoms with Crippen LogP contribution in [0, 0.1) is 5.82 Å². The zero-order valence-corrected chi connectivity index (χ0v) is 19.2. The topological polar surface area (TPSA) is 79.4 Å². The summed E-state index contributed by atoms with van der Waals surface area (Å²) in [6.07, 6.45) is 3.26. The fourth-order valence-corrected chi connectivity index (χ4v) is 6.14. The van der Waals surface area contributed by atoms with E-state index in [1.807, 2.05) is 12.1 Å². The number of nitrogens with one attached hydrogen (secondary N) is 1. The van der Waals surface area contributed by atoms with Crippen LogP contribution in [0.2, 0.25) is 0 Å². The molecule has 0 saturated carbocycles. The van der Waals surface area contributed by atoms with Crippen molar-refractivity contribution in [2.75, 3.05) is 11.4 Å². The second-order valence-corrected chi connectivity index (χ2v) is 9.95. The van der Waals surface area contributed by atoms with E-state index in [0.717, 1.165) is 21.2 Å². The lowest BCUT2D eigenvalue weighted by Crippen LogP contribution is -2.30. The Labute approximate surface area is 195 Å². The number of carbonyl (C=O) groups excluding carboxylic acids is 1. The Bertz CT molecular complexity index is 1360. The number of carbonyl (C=O) groups is 1. The molecule has 168 valence electrons. The quantitative estimate of drug-likeness (QED) is 0.415. The minimum Gasteiger partial charge on any atom is -0.347 e. The average molecular weight is 482 g/mol. The van der Waals surface area contributed by atoms with Crippen molar-refractivity contribution in [1.82, 2.24) is 10.3 Å². The van der Waals surface area contributed by atoms with Crippen molar-refractivity contribution in [3.05, 3.63) is 101 Å². The summed E-state index contributed by atoms with van der Waals surface area (Å²) < 4.78 is 41.9. The van der Waals surface area contributed by atoms with Crippen LogP contribution in [0.15, 0.2) is 89.4 Å². The van der Waals surface area contributed by atoms with E-state index in [-0.39, 0.29) is 22.0 Å². The minimum atomic E-state index is -4.15. The van der Waals surface area contributed by atoms with E-state index in [0.29, 0.717) is 11.1 Å². The molecule has 0 atom stereocenters. The van der Waals surface area contributed by atoms with Gasteiger partial charge in [-0.05, 0) is 41.5 Å². The molecule has 0 aliphatic rings. The number of rotatable bonds is 7. The van der Waals surface area contributed by atoms with E-state index in [2.05, 4.69) is 10.3 Å². The van der Waals surface area contributed by atoms with Gasteiger partial charge in [-0.15, -0.1) is 11.3 Å². The standard InChI is InChI=1S/C24H20FN3O3S2/c1-28(20-11-9-19(25)10-12-20)33(30,31)23-21(18-7-3-2-4-8-18)16-32-22(23)24(29)27-15-17-6-5-13-26-14-17/h2-14,16H,15H2,1H3,(H,27,29). The van der Waals surface area contributed by atoms with Crippen LogP contribution in [0.4, 0.5) is 10.1 Å². The third kappa shape index (κ3) is 4.79. The fourth-order valence-electron chi connectivity index (χ4n) is 3.27. The number of nitrogens with zero attached hydrogens (tertiary/aromatic N) is 2. The summed E-state index contributed by atoms with van der Waals surface area (Å²) in [6.45, 7) is 0.207. The smallest absolute Gasteiger partial charge is 0.266 e. The zero-order chi connectivity index (χ0) is 23.4. The number of thiophene rings is 1. The Morgan fingerprint density at radius 3 is 2.45 bits per heavy atom. The predicted octanol–water partition coefficient (Wildman–Crippen LogP) is 4.70. The number of sulfonamides is 1. The van der Waals surface area contributed by atoms with Gasteiger partial charge in [0, 0.05) is 36.9 Å². The molecule has 1 amide bonds. The maximum absolute atomic E-state index is 13.7. The number of amides is 1. The van der Waals surface area contributed by atoms with Gasteiger partial charge in [-0.3, -0.25) is 14.1 Å². The number of aromatic nitrogens is 1. The Kier molecular flexibility index (Phi) is 6.52. The van der Waals surface area contributed by atoms with E-state index >= 15 is 0 Å². The lowest BCUT2D eigenvalue weighted by molar-refractivity contribution is 0.0952. The highest BCUT2D eigenvalue weighted by atomic mass is 32.2. The Morgan fingerprint density at radius 1 is 1.06 bits per heavy atom. The van der Waals surface area contributed by atoms with Gasteiger partial charge >= 0.3 is 0 Å². The molecular formula is C24H20FN3O3S2. The number of benzene rings is 2. The third-order valence-corrected chi connectivity index (χ3v) is 8.00. The molecule has 2 heterocycles. The van der Waals surface area contributed by atoms with Crippen LogP contribution >= 0.6 is 11.3 Å². The van der Waals surface area contributed by atoms with Gasteiger partial charge in [-0.2, -0.15) is 0 Å². The monoisotopic (exact) mass is 481 g/mol. The van der Waals surface area contributed by atoms with Crippen LogP contribution in [0.1, 0.15) is 15.2 Å². The minimum absolute atomic E-state index is 0.0757. The van der Waals surface area contributed by atoms with Gasteiger partial charge in [0.15, 0.2) is 0 Å². The van der Waals surface area contributed by atoms with Gasteiger partial charge in [0.2, 0.25) is 0 Å². The van der Waals surface area contributed by atoms with E-state index in [9.17, 15) is 17.6 Å². The van der Waals surface area contributed by atoms with Crippen molar-refractivity contribution in [2.45, 2.75) is 11.4 Å². The molecule has 0 fully saturated rings. The van der Waals surface area contributed by atoms with Gasteiger partial charge < -0.3 is 5.32 Å². The van der Waals surface area contributed by atoms with Crippen LogP contribution in [-0.4, -0.2) is 26.4 Å². The number of hydrogen-bond acceptors (Lipinski definition) is 5. The number of pyridine rings is 1. The summed E-state index contributed by atoms with van der Waals surface area (Å²) in [4.78, 5) is 17.1.